The fraction of sp³-hybridized carbons (Fsp3) is 0.381. The molecule has 2 aromatic carbocycles. The molecule has 1 aliphatic heterocycles. The fourth-order valence-corrected chi connectivity index (χ4v) is 3.58. The molecule has 25 heavy (non-hydrogen) atoms. The summed E-state index contributed by atoms with van der Waals surface area (Å²) in [6.07, 6.45) is 2.56. The van der Waals surface area contributed by atoms with Gasteiger partial charge in [0.15, 0.2) is 0 Å². The van der Waals surface area contributed by atoms with E-state index in [4.69, 9.17) is 11.6 Å². The number of piperidine rings is 1. The summed E-state index contributed by atoms with van der Waals surface area (Å²) in [5.41, 5.74) is 2.30. The first-order valence-electron chi connectivity index (χ1n) is 8.95. The zero-order chi connectivity index (χ0) is 17.6. The summed E-state index contributed by atoms with van der Waals surface area (Å²) in [5, 5.41) is 7.42. The number of carbonyl (C=O) groups excluding carboxylic acids is 1. The Kier molecular flexibility index (Phi) is 6.11. The Hall–Kier alpha value is -1.84. The summed E-state index contributed by atoms with van der Waals surface area (Å²) in [6.45, 7) is 3.05. The standard InChI is InChI=1S/C21H25ClN2O/c1-15-13-18(11-12-23-15)21(25)24-20(17-5-3-2-4-6-17)14-16-7-9-19(22)10-8-16/h2-10,15,18,20,23H,11-14H2,1H3,(H,24,25)/t15-,18-,20?/m0/s1. The lowest BCUT2D eigenvalue weighted by atomic mass is 9.91. The SMILES string of the molecule is C[C@H]1C[C@@H](C(=O)NC(Cc2ccc(Cl)cc2)c2ccccc2)CCN1. The molecule has 2 aromatic rings. The van der Waals surface area contributed by atoms with Crippen LogP contribution in [0, 0.1) is 5.92 Å². The molecule has 0 aromatic heterocycles. The summed E-state index contributed by atoms with van der Waals surface area (Å²) in [7, 11) is 0. The number of amides is 1. The lowest BCUT2D eigenvalue weighted by molar-refractivity contribution is -0.126. The van der Waals surface area contributed by atoms with Crippen molar-refractivity contribution in [2.24, 2.45) is 5.92 Å². The maximum absolute atomic E-state index is 12.8. The molecule has 1 aliphatic rings. The number of rotatable bonds is 5. The van der Waals surface area contributed by atoms with Gasteiger partial charge >= 0.3 is 0 Å². The Morgan fingerprint density at radius 1 is 1.20 bits per heavy atom. The summed E-state index contributed by atoms with van der Waals surface area (Å²) < 4.78 is 0. The van der Waals surface area contributed by atoms with Crippen molar-refractivity contribution in [3.8, 4) is 0 Å². The van der Waals surface area contributed by atoms with Gasteiger partial charge in [-0.1, -0.05) is 54.1 Å². The molecule has 3 nitrogen and oxygen atoms in total. The molecule has 1 unspecified atom stereocenters. The highest BCUT2D eigenvalue weighted by atomic mass is 35.5. The largest absolute Gasteiger partial charge is 0.349 e. The van der Waals surface area contributed by atoms with Crippen LogP contribution in [0.3, 0.4) is 0 Å². The summed E-state index contributed by atoms with van der Waals surface area (Å²) in [6, 6.07) is 18.4. The second-order valence-electron chi connectivity index (χ2n) is 6.88. The highest BCUT2D eigenvalue weighted by Crippen LogP contribution is 2.22. The van der Waals surface area contributed by atoms with Crippen LogP contribution in [0.2, 0.25) is 5.02 Å². The average Bonchev–Trinajstić information content (AvgIpc) is 2.63. The van der Waals surface area contributed by atoms with Crippen LogP contribution in [0.25, 0.3) is 0 Å². The van der Waals surface area contributed by atoms with E-state index in [1.807, 2.05) is 42.5 Å². The lowest BCUT2D eigenvalue weighted by Gasteiger charge is -2.29. The molecule has 4 heteroatoms. The van der Waals surface area contributed by atoms with Gasteiger partial charge in [0.1, 0.15) is 0 Å². The van der Waals surface area contributed by atoms with E-state index in [1.54, 1.807) is 0 Å². The van der Waals surface area contributed by atoms with Crippen LogP contribution >= 0.6 is 11.6 Å². The van der Waals surface area contributed by atoms with Crippen molar-refractivity contribution < 1.29 is 4.79 Å². The van der Waals surface area contributed by atoms with Crippen molar-refractivity contribution in [2.75, 3.05) is 6.54 Å². The summed E-state index contributed by atoms with van der Waals surface area (Å²) in [4.78, 5) is 12.8. The molecule has 3 atom stereocenters. The van der Waals surface area contributed by atoms with E-state index < -0.39 is 0 Å². The molecule has 1 heterocycles. The Labute approximate surface area is 154 Å². The predicted octanol–water partition coefficient (Wildman–Crippen LogP) is 4.13. The van der Waals surface area contributed by atoms with Crippen molar-refractivity contribution in [1.82, 2.24) is 10.6 Å². The van der Waals surface area contributed by atoms with E-state index >= 15 is 0 Å². The minimum absolute atomic E-state index is 0.0277. The first kappa shape index (κ1) is 18.0. The number of nitrogens with one attached hydrogen (secondary N) is 2. The van der Waals surface area contributed by atoms with Gasteiger partial charge in [-0.15, -0.1) is 0 Å². The van der Waals surface area contributed by atoms with Crippen molar-refractivity contribution in [3.05, 3.63) is 70.7 Å². The third-order valence-corrected chi connectivity index (χ3v) is 5.12. The molecule has 132 valence electrons. The number of hydrogen-bond donors (Lipinski definition) is 2. The Morgan fingerprint density at radius 3 is 2.60 bits per heavy atom. The minimum atomic E-state index is -0.0277. The van der Waals surface area contributed by atoms with Crippen LogP contribution < -0.4 is 10.6 Å². The summed E-state index contributed by atoms with van der Waals surface area (Å²) in [5.74, 6) is 0.254. The van der Waals surface area contributed by atoms with Crippen LogP contribution in [0.5, 0.6) is 0 Å². The van der Waals surface area contributed by atoms with E-state index in [-0.39, 0.29) is 17.9 Å². The van der Waals surface area contributed by atoms with E-state index in [1.165, 1.54) is 0 Å². The van der Waals surface area contributed by atoms with Crippen LogP contribution in [-0.2, 0) is 11.2 Å². The van der Waals surface area contributed by atoms with Gasteiger partial charge in [-0.2, -0.15) is 0 Å². The van der Waals surface area contributed by atoms with Gasteiger partial charge in [0, 0.05) is 17.0 Å². The quantitative estimate of drug-likeness (QED) is 0.845. The molecule has 0 bridgehead atoms. The van der Waals surface area contributed by atoms with E-state index in [0.29, 0.717) is 6.04 Å². The molecular weight excluding hydrogens is 332 g/mol. The predicted molar refractivity (Wildman–Crippen MR) is 103 cm³/mol. The van der Waals surface area contributed by atoms with E-state index in [9.17, 15) is 4.79 Å². The molecule has 1 fully saturated rings. The van der Waals surface area contributed by atoms with Crippen LogP contribution in [0.15, 0.2) is 54.6 Å². The third kappa shape index (κ3) is 5.07. The third-order valence-electron chi connectivity index (χ3n) is 4.87. The smallest absolute Gasteiger partial charge is 0.223 e. The summed E-state index contributed by atoms with van der Waals surface area (Å²) >= 11 is 5.99. The second kappa shape index (κ2) is 8.50. The van der Waals surface area contributed by atoms with Crippen LogP contribution in [0.4, 0.5) is 0 Å². The van der Waals surface area contributed by atoms with Gasteiger partial charge < -0.3 is 10.6 Å². The first-order chi connectivity index (χ1) is 12.1. The molecule has 1 saturated heterocycles. The van der Waals surface area contributed by atoms with Crippen molar-refractivity contribution in [3.63, 3.8) is 0 Å². The average molecular weight is 357 g/mol. The van der Waals surface area contributed by atoms with E-state index in [0.717, 1.165) is 42.0 Å². The minimum Gasteiger partial charge on any atom is -0.349 e. The number of halogens is 1. The molecule has 0 spiro atoms. The highest BCUT2D eigenvalue weighted by Gasteiger charge is 2.26. The zero-order valence-corrected chi connectivity index (χ0v) is 15.3. The molecule has 3 rings (SSSR count). The topological polar surface area (TPSA) is 41.1 Å². The Balaban J connectivity index is 1.74. The Bertz CT molecular complexity index is 687. The van der Waals surface area contributed by atoms with Crippen LogP contribution in [0.1, 0.15) is 36.9 Å². The number of benzene rings is 2. The van der Waals surface area contributed by atoms with Gasteiger partial charge in [0.05, 0.1) is 6.04 Å². The fourth-order valence-electron chi connectivity index (χ4n) is 3.45. The molecule has 0 saturated carbocycles. The second-order valence-corrected chi connectivity index (χ2v) is 7.32. The van der Waals surface area contributed by atoms with Crippen LogP contribution in [-0.4, -0.2) is 18.5 Å². The number of hydrogen-bond acceptors (Lipinski definition) is 2. The van der Waals surface area contributed by atoms with E-state index in [2.05, 4.69) is 29.7 Å². The first-order valence-corrected chi connectivity index (χ1v) is 9.33. The zero-order valence-electron chi connectivity index (χ0n) is 14.5. The maximum atomic E-state index is 12.8. The van der Waals surface area contributed by atoms with Gasteiger partial charge in [-0.25, -0.2) is 0 Å². The van der Waals surface area contributed by atoms with Gasteiger partial charge in [-0.05, 0) is 56.0 Å². The van der Waals surface area contributed by atoms with Gasteiger partial charge in [0.2, 0.25) is 5.91 Å². The molecule has 0 radical (unpaired) electrons. The monoisotopic (exact) mass is 356 g/mol. The van der Waals surface area contributed by atoms with Crippen molar-refractivity contribution >= 4 is 17.5 Å². The van der Waals surface area contributed by atoms with Gasteiger partial charge in [0.25, 0.3) is 0 Å². The molecule has 0 aliphatic carbocycles. The molecule has 2 N–H and O–H groups in total. The maximum Gasteiger partial charge on any atom is 0.223 e. The molecular formula is C21H25ClN2O. The molecule has 1 amide bonds. The normalized spacial score (nSPS) is 21.5. The van der Waals surface area contributed by atoms with Crippen molar-refractivity contribution in [2.45, 2.75) is 38.3 Å². The van der Waals surface area contributed by atoms with Gasteiger partial charge in [-0.3, -0.25) is 4.79 Å². The lowest BCUT2D eigenvalue weighted by Crippen LogP contribution is -2.43. The van der Waals surface area contributed by atoms with Crippen molar-refractivity contribution in [1.29, 1.82) is 0 Å². The highest BCUT2D eigenvalue weighted by molar-refractivity contribution is 6.30. The number of carbonyl (C=O) groups is 1. The Morgan fingerprint density at radius 2 is 1.92 bits per heavy atom.